The summed E-state index contributed by atoms with van der Waals surface area (Å²) in [5.41, 5.74) is 1.18. The topological polar surface area (TPSA) is 31.4 Å². The van der Waals surface area contributed by atoms with E-state index in [-0.39, 0.29) is 0 Å². The molecule has 100 valence electrons. The number of aromatic nitrogens is 1. The summed E-state index contributed by atoms with van der Waals surface area (Å²) < 4.78 is 1.03. The van der Waals surface area contributed by atoms with Crippen LogP contribution in [0.15, 0.2) is 16.7 Å². The van der Waals surface area contributed by atoms with Gasteiger partial charge in [-0.2, -0.15) is 0 Å². The van der Waals surface area contributed by atoms with Crippen LogP contribution in [0.2, 0.25) is 0 Å². The van der Waals surface area contributed by atoms with Gasteiger partial charge < -0.3 is 10.2 Å². The van der Waals surface area contributed by atoms with Crippen LogP contribution >= 0.6 is 15.9 Å². The lowest BCUT2D eigenvalue weighted by Crippen LogP contribution is -2.52. The third kappa shape index (κ3) is 3.43. The van der Waals surface area contributed by atoms with Crippen molar-refractivity contribution >= 4 is 21.7 Å². The molecular weight excluding hydrogens is 292 g/mol. The first-order chi connectivity index (χ1) is 8.56. The molecular formula is C13H21BrN4. The highest BCUT2D eigenvalue weighted by atomic mass is 79.9. The largest absolute Gasteiger partial charge is 0.368 e. The van der Waals surface area contributed by atoms with Crippen LogP contribution in [0.25, 0.3) is 0 Å². The Hall–Kier alpha value is -0.650. The first-order valence-electron chi connectivity index (χ1n) is 6.31. The summed E-state index contributed by atoms with van der Waals surface area (Å²) in [7, 11) is 4.38. The number of hydrogen-bond donors (Lipinski definition) is 1. The molecule has 1 aromatic rings. The molecule has 0 aliphatic carbocycles. The summed E-state index contributed by atoms with van der Waals surface area (Å²) in [6, 6.07) is 2.64. The van der Waals surface area contributed by atoms with E-state index in [4.69, 9.17) is 0 Å². The lowest BCUT2D eigenvalue weighted by Gasteiger charge is -2.37. The molecule has 2 rings (SSSR count). The van der Waals surface area contributed by atoms with Gasteiger partial charge in [0.2, 0.25) is 0 Å². The third-order valence-corrected chi connectivity index (χ3v) is 3.96. The van der Waals surface area contributed by atoms with Gasteiger partial charge in [0.05, 0.1) is 0 Å². The molecule has 0 amide bonds. The normalized spacial score (nSPS) is 22.1. The number of likely N-dealkylation sites (N-methyl/N-ethyl adjacent to an activating group) is 2. The Kier molecular flexibility index (Phi) is 4.59. The molecule has 1 aliphatic heterocycles. The van der Waals surface area contributed by atoms with E-state index >= 15 is 0 Å². The predicted molar refractivity (Wildman–Crippen MR) is 79.1 cm³/mol. The maximum atomic E-state index is 4.42. The summed E-state index contributed by atoms with van der Waals surface area (Å²) in [6.45, 7) is 6.42. The minimum atomic E-state index is 0.550. The Balaban J connectivity index is 1.94. The minimum absolute atomic E-state index is 0.550. The molecule has 0 aromatic carbocycles. The number of hydrogen-bond acceptors (Lipinski definition) is 4. The fourth-order valence-electron chi connectivity index (χ4n) is 2.26. The van der Waals surface area contributed by atoms with E-state index in [9.17, 15) is 0 Å². The van der Waals surface area contributed by atoms with Crippen molar-refractivity contribution in [1.82, 2.24) is 14.8 Å². The van der Waals surface area contributed by atoms with Gasteiger partial charge >= 0.3 is 0 Å². The lowest BCUT2D eigenvalue weighted by molar-refractivity contribution is 0.122. The second-order valence-electron chi connectivity index (χ2n) is 5.10. The molecule has 0 spiro atoms. The van der Waals surface area contributed by atoms with Crippen molar-refractivity contribution in [3.05, 3.63) is 22.3 Å². The molecule has 1 fully saturated rings. The fraction of sp³-hybridized carbons (Fsp3) is 0.615. The predicted octanol–water partition coefficient (Wildman–Crippen LogP) is 1.81. The van der Waals surface area contributed by atoms with Gasteiger partial charge in [-0.1, -0.05) is 0 Å². The molecule has 18 heavy (non-hydrogen) atoms. The van der Waals surface area contributed by atoms with Crippen LogP contribution in [0.1, 0.15) is 5.56 Å². The van der Waals surface area contributed by atoms with Gasteiger partial charge in [0.25, 0.3) is 0 Å². The second kappa shape index (κ2) is 5.99. The Morgan fingerprint density at radius 2 is 2.22 bits per heavy atom. The smallest absolute Gasteiger partial charge is 0.128 e. The number of aryl methyl sites for hydroxylation is 1. The van der Waals surface area contributed by atoms with E-state index in [1.165, 1.54) is 5.56 Å². The SMILES string of the molecule is Cc1cc(Br)cnc1NCC1CN(C)CCN1C. The number of nitrogens with one attached hydrogen (secondary N) is 1. The summed E-state index contributed by atoms with van der Waals surface area (Å²) in [5.74, 6) is 0.986. The number of anilines is 1. The van der Waals surface area contributed by atoms with Crippen molar-refractivity contribution in [2.24, 2.45) is 0 Å². The molecule has 1 saturated heterocycles. The summed E-state index contributed by atoms with van der Waals surface area (Å²) in [4.78, 5) is 9.22. The maximum absolute atomic E-state index is 4.42. The van der Waals surface area contributed by atoms with E-state index in [2.05, 4.69) is 63.1 Å². The van der Waals surface area contributed by atoms with E-state index in [0.29, 0.717) is 6.04 Å². The van der Waals surface area contributed by atoms with Gasteiger partial charge in [-0.15, -0.1) is 0 Å². The number of pyridine rings is 1. The number of rotatable bonds is 3. The lowest BCUT2D eigenvalue weighted by atomic mass is 10.2. The zero-order valence-electron chi connectivity index (χ0n) is 11.3. The average molecular weight is 313 g/mol. The second-order valence-corrected chi connectivity index (χ2v) is 6.01. The van der Waals surface area contributed by atoms with Crippen molar-refractivity contribution < 1.29 is 0 Å². The van der Waals surface area contributed by atoms with Crippen molar-refractivity contribution in [3.8, 4) is 0 Å². The fourth-order valence-corrected chi connectivity index (χ4v) is 2.71. The van der Waals surface area contributed by atoms with Crippen LogP contribution in [-0.2, 0) is 0 Å². The third-order valence-electron chi connectivity index (χ3n) is 3.53. The molecule has 1 aromatic heterocycles. The molecule has 0 bridgehead atoms. The van der Waals surface area contributed by atoms with Gasteiger partial charge in [-0.05, 0) is 48.6 Å². The first kappa shape index (κ1) is 13.8. The molecule has 1 atom stereocenters. The Morgan fingerprint density at radius 3 is 2.94 bits per heavy atom. The van der Waals surface area contributed by atoms with Crippen LogP contribution in [-0.4, -0.2) is 61.1 Å². The minimum Gasteiger partial charge on any atom is -0.368 e. The molecule has 1 N–H and O–H groups in total. The number of halogens is 1. The summed E-state index contributed by atoms with van der Waals surface area (Å²) in [6.07, 6.45) is 1.84. The van der Waals surface area contributed by atoms with Crippen molar-refractivity contribution in [2.75, 3.05) is 45.6 Å². The summed E-state index contributed by atoms with van der Waals surface area (Å²) >= 11 is 3.44. The van der Waals surface area contributed by atoms with Crippen LogP contribution < -0.4 is 5.32 Å². The van der Waals surface area contributed by atoms with Crippen LogP contribution in [0.4, 0.5) is 5.82 Å². The molecule has 5 heteroatoms. The zero-order chi connectivity index (χ0) is 13.1. The van der Waals surface area contributed by atoms with Crippen LogP contribution in [0.3, 0.4) is 0 Å². The van der Waals surface area contributed by atoms with E-state index < -0.39 is 0 Å². The Bertz CT molecular complexity index is 410. The van der Waals surface area contributed by atoms with Crippen LogP contribution in [0.5, 0.6) is 0 Å². The summed E-state index contributed by atoms with van der Waals surface area (Å²) in [5, 5.41) is 3.46. The molecule has 0 radical (unpaired) electrons. The van der Waals surface area contributed by atoms with Gasteiger partial charge in [-0.3, -0.25) is 4.90 Å². The maximum Gasteiger partial charge on any atom is 0.128 e. The Labute approximate surface area is 118 Å². The molecule has 1 aliphatic rings. The van der Waals surface area contributed by atoms with E-state index in [1.54, 1.807) is 0 Å². The van der Waals surface area contributed by atoms with Gasteiger partial charge in [0.1, 0.15) is 5.82 Å². The quantitative estimate of drug-likeness (QED) is 0.922. The highest BCUT2D eigenvalue weighted by molar-refractivity contribution is 9.10. The number of piperazine rings is 1. The molecule has 1 unspecified atom stereocenters. The molecule has 2 heterocycles. The van der Waals surface area contributed by atoms with Gasteiger partial charge in [0.15, 0.2) is 0 Å². The first-order valence-corrected chi connectivity index (χ1v) is 7.10. The number of nitrogens with zero attached hydrogens (tertiary/aromatic N) is 3. The molecule has 0 saturated carbocycles. The monoisotopic (exact) mass is 312 g/mol. The highest BCUT2D eigenvalue weighted by Gasteiger charge is 2.21. The Morgan fingerprint density at radius 1 is 1.44 bits per heavy atom. The highest BCUT2D eigenvalue weighted by Crippen LogP contribution is 2.17. The van der Waals surface area contributed by atoms with Crippen LogP contribution in [0, 0.1) is 6.92 Å². The van der Waals surface area contributed by atoms with Crippen molar-refractivity contribution in [3.63, 3.8) is 0 Å². The standard InChI is InChI=1S/C13H21BrN4/c1-10-6-11(14)7-15-13(10)16-8-12-9-17(2)4-5-18(12)3/h6-7,12H,4-5,8-9H2,1-3H3,(H,15,16). The van der Waals surface area contributed by atoms with Gasteiger partial charge in [0, 0.05) is 42.9 Å². The van der Waals surface area contributed by atoms with E-state index in [0.717, 1.165) is 36.5 Å². The molecule has 4 nitrogen and oxygen atoms in total. The van der Waals surface area contributed by atoms with E-state index in [1.807, 2.05) is 6.20 Å². The van der Waals surface area contributed by atoms with Crippen molar-refractivity contribution in [1.29, 1.82) is 0 Å². The average Bonchev–Trinajstić information content (AvgIpc) is 2.32. The zero-order valence-corrected chi connectivity index (χ0v) is 12.9. The van der Waals surface area contributed by atoms with Gasteiger partial charge in [-0.25, -0.2) is 4.98 Å². The van der Waals surface area contributed by atoms with Crippen molar-refractivity contribution in [2.45, 2.75) is 13.0 Å².